The molecule has 4 unspecified atom stereocenters. The van der Waals surface area contributed by atoms with Gasteiger partial charge in [0, 0.05) is 12.2 Å². The molecule has 48 heavy (non-hydrogen) atoms. The monoisotopic (exact) mass is 710 g/mol. The molecule has 0 heterocycles. The topological polar surface area (TPSA) is 18.5 Å². The number of benzene rings is 4. The third kappa shape index (κ3) is 8.62. The van der Waals surface area contributed by atoms with E-state index in [1.54, 1.807) is 0 Å². The molecule has 6 rings (SSSR count). The molecule has 2 aliphatic carbocycles. The third-order valence-corrected chi connectivity index (χ3v) is 21.9. The molecule has 0 bridgehead atoms. The van der Waals surface area contributed by atoms with Gasteiger partial charge in [-0.1, -0.05) is 195 Å². The molecule has 4 atom stereocenters. The lowest BCUT2D eigenvalue weighted by atomic mass is 9.92. The lowest BCUT2D eigenvalue weighted by molar-refractivity contribution is 0.157. The minimum Gasteiger partial charge on any atom is -0.419 e. The minimum absolute atomic E-state index is 0.166. The Morgan fingerprint density at radius 1 is 0.479 bits per heavy atom. The minimum atomic E-state index is -1.07. The van der Waals surface area contributed by atoms with Crippen LogP contribution in [0, 0.1) is 0 Å². The quantitative estimate of drug-likeness (QED) is 0.0903. The van der Waals surface area contributed by atoms with Gasteiger partial charge in [-0.3, -0.25) is 0 Å². The molecule has 2 aliphatic rings. The summed E-state index contributed by atoms with van der Waals surface area (Å²) < 4.78 is 14.1. The fourth-order valence-corrected chi connectivity index (χ4v) is 17.6. The lowest BCUT2D eigenvalue weighted by Gasteiger charge is -2.45. The molecule has 2 nitrogen and oxygen atoms in total. The van der Waals surface area contributed by atoms with Gasteiger partial charge in [0.25, 0.3) is 0 Å². The fourth-order valence-electron chi connectivity index (χ4n) is 7.76. The van der Waals surface area contributed by atoms with Crippen molar-refractivity contribution in [3.8, 4) is 0 Å². The molecule has 0 aliphatic heterocycles. The second kappa shape index (κ2) is 17.7. The molecule has 4 aromatic rings. The van der Waals surface area contributed by atoms with Crippen molar-refractivity contribution >= 4 is 41.1 Å². The highest BCUT2D eigenvalue weighted by molar-refractivity contribution is 8.77. The van der Waals surface area contributed by atoms with E-state index >= 15 is 0 Å². The molecule has 254 valence electrons. The zero-order chi connectivity index (χ0) is 33.1. The van der Waals surface area contributed by atoms with Crippen LogP contribution in [-0.2, 0) is 17.6 Å². The molecule has 0 aromatic heterocycles. The summed E-state index contributed by atoms with van der Waals surface area (Å²) in [6.45, 7) is 4.93. The van der Waals surface area contributed by atoms with E-state index in [2.05, 4.69) is 157 Å². The van der Waals surface area contributed by atoms with Crippen LogP contribution < -0.4 is 0 Å². The molecular formula is C42H54O2S2Si2. The number of hydrogen-bond donors (Lipinski definition) is 0. The average molecular weight is 711 g/mol. The summed E-state index contributed by atoms with van der Waals surface area (Å²) in [5.41, 5.74) is 5.61. The van der Waals surface area contributed by atoms with Gasteiger partial charge in [0.1, 0.15) is 0 Å². The average Bonchev–Trinajstić information content (AvgIpc) is 3.18. The molecule has 0 N–H and O–H groups in total. The Balaban J connectivity index is 1.45. The summed E-state index contributed by atoms with van der Waals surface area (Å²) in [5.74, 6) is 0.575. The normalized spacial score (nSPS) is 20.5. The second-order valence-corrected chi connectivity index (χ2v) is 21.4. The Labute approximate surface area is 302 Å². The predicted octanol–water partition coefficient (Wildman–Crippen LogP) is 10.5. The maximum absolute atomic E-state index is 7.20. The Morgan fingerprint density at radius 2 is 0.792 bits per heavy atom. The number of hydrogen-bond acceptors (Lipinski definition) is 4. The van der Waals surface area contributed by atoms with Crippen LogP contribution in [0.2, 0.25) is 0 Å². The molecule has 0 amide bonds. The highest BCUT2D eigenvalue weighted by Gasteiger charge is 2.48. The van der Waals surface area contributed by atoms with E-state index in [-0.39, 0.29) is 20.6 Å². The van der Waals surface area contributed by atoms with Crippen LogP contribution >= 0.6 is 21.6 Å². The first-order valence-corrected chi connectivity index (χ1v) is 23.1. The van der Waals surface area contributed by atoms with Crippen molar-refractivity contribution in [3.05, 3.63) is 144 Å². The van der Waals surface area contributed by atoms with Crippen molar-refractivity contribution in [1.29, 1.82) is 0 Å². The van der Waals surface area contributed by atoms with Gasteiger partial charge in [0.2, 0.25) is 0 Å². The van der Waals surface area contributed by atoms with Crippen LogP contribution in [0.4, 0.5) is 0 Å². The van der Waals surface area contributed by atoms with Crippen molar-refractivity contribution in [2.75, 3.05) is 0 Å². The largest absolute Gasteiger partial charge is 0.419 e. The standard InChI is InChI=1S/C42H54O2S2Si2/c1-33(35-21-9-3-10-22-35)41(37-25-13-5-14-26-37,47-43-39-29-17-7-18-30-39)45-46-42(38-27-15-6-16-28-38,34(2)36-23-11-4-12-24-36)48-44-40-31-19-8-20-32-40/h3-6,9-16,21-28,33-34,39-40H,7-8,17-20,29-32,47-48H2,1-2H3. The van der Waals surface area contributed by atoms with Gasteiger partial charge in [0.15, 0.2) is 19.5 Å². The Hall–Kier alpha value is -2.07. The zero-order valence-corrected chi connectivity index (χ0v) is 33.4. The Morgan fingerprint density at radius 3 is 1.12 bits per heavy atom. The van der Waals surface area contributed by atoms with Gasteiger partial charge in [-0.25, -0.2) is 0 Å². The molecule has 0 spiro atoms. The molecule has 0 radical (unpaired) electrons. The van der Waals surface area contributed by atoms with Crippen molar-refractivity contribution in [3.63, 3.8) is 0 Å². The highest BCUT2D eigenvalue weighted by Crippen LogP contribution is 2.61. The van der Waals surface area contributed by atoms with E-state index < -0.39 is 19.5 Å². The van der Waals surface area contributed by atoms with Crippen molar-refractivity contribution in [2.45, 2.75) is 111 Å². The van der Waals surface area contributed by atoms with E-state index in [9.17, 15) is 0 Å². The van der Waals surface area contributed by atoms with E-state index in [1.807, 2.05) is 0 Å². The SMILES string of the molecule is CC(c1ccccc1)C([SiH2]OC1CCCCC1)(SSC([SiH2]OC1CCCCC1)(c1ccccc1)C(C)c1ccccc1)c1ccccc1. The van der Waals surface area contributed by atoms with Crippen LogP contribution in [0.25, 0.3) is 0 Å². The van der Waals surface area contributed by atoms with E-state index in [0.29, 0.717) is 12.2 Å². The summed E-state index contributed by atoms with van der Waals surface area (Å²) in [7, 11) is 2.13. The molecular weight excluding hydrogens is 657 g/mol. The first-order chi connectivity index (χ1) is 23.6. The predicted molar refractivity (Wildman–Crippen MR) is 214 cm³/mol. The lowest BCUT2D eigenvalue weighted by Crippen LogP contribution is -2.42. The van der Waals surface area contributed by atoms with Crippen LogP contribution in [0.15, 0.2) is 121 Å². The van der Waals surface area contributed by atoms with E-state index in [1.165, 1.54) is 86.5 Å². The van der Waals surface area contributed by atoms with Gasteiger partial charge in [-0.2, -0.15) is 0 Å². The van der Waals surface area contributed by atoms with Crippen LogP contribution in [-0.4, -0.2) is 31.7 Å². The highest BCUT2D eigenvalue weighted by atomic mass is 33.1. The van der Waals surface area contributed by atoms with Crippen molar-refractivity contribution < 1.29 is 8.85 Å². The van der Waals surface area contributed by atoms with Crippen molar-refractivity contribution in [2.24, 2.45) is 0 Å². The summed E-state index contributed by atoms with van der Waals surface area (Å²) >= 11 is 0. The second-order valence-electron chi connectivity index (χ2n) is 14.1. The summed E-state index contributed by atoms with van der Waals surface area (Å²) in [5, 5.41) is 0. The first-order valence-electron chi connectivity index (χ1n) is 18.4. The van der Waals surface area contributed by atoms with E-state index in [4.69, 9.17) is 8.85 Å². The van der Waals surface area contributed by atoms with Gasteiger partial charge in [-0.05, 0) is 59.8 Å². The Kier molecular flexibility index (Phi) is 13.2. The Bertz CT molecular complexity index is 1370. The van der Waals surface area contributed by atoms with Crippen molar-refractivity contribution in [1.82, 2.24) is 0 Å². The molecule has 4 aromatic carbocycles. The van der Waals surface area contributed by atoms with Crippen LogP contribution in [0.5, 0.6) is 0 Å². The summed E-state index contributed by atoms with van der Waals surface area (Å²) in [4.78, 5) is 0. The molecule has 0 saturated heterocycles. The maximum atomic E-state index is 7.20. The van der Waals surface area contributed by atoms with Gasteiger partial charge in [0.05, 0.1) is 8.74 Å². The molecule has 2 fully saturated rings. The van der Waals surface area contributed by atoms with Gasteiger partial charge >= 0.3 is 0 Å². The smallest absolute Gasteiger partial charge is 0.183 e. The number of rotatable bonds is 15. The fraction of sp³-hybridized carbons (Fsp3) is 0.429. The van der Waals surface area contributed by atoms with Gasteiger partial charge in [-0.15, -0.1) is 0 Å². The first kappa shape index (κ1) is 35.7. The van der Waals surface area contributed by atoms with E-state index in [0.717, 1.165) is 0 Å². The summed E-state index contributed by atoms with van der Waals surface area (Å²) in [6.07, 6.45) is 13.5. The summed E-state index contributed by atoms with van der Waals surface area (Å²) in [6, 6.07) is 45.3. The van der Waals surface area contributed by atoms with Crippen LogP contribution in [0.1, 0.15) is 112 Å². The zero-order valence-electron chi connectivity index (χ0n) is 29.0. The van der Waals surface area contributed by atoms with Crippen LogP contribution in [0.3, 0.4) is 0 Å². The van der Waals surface area contributed by atoms with Gasteiger partial charge < -0.3 is 8.85 Å². The maximum Gasteiger partial charge on any atom is 0.183 e. The molecule has 2 saturated carbocycles. The third-order valence-electron chi connectivity index (χ3n) is 11.0. The molecule has 6 heteroatoms.